The van der Waals surface area contributed by atoms with Crippen LogP contribution in [0.5, 0.6) is 0 Å². The Hall–Kier alpha value is -2.79. The SMILES string of the molecule is O=C(c1cc(C(F)(F)F)cc(C(F)(F)F)c1)N1CC(CN2C(=O)COC2=O)C1. The van der Waals surface area contributed by atoms with Gasteiger partial charge in [0, 0.05) is 31.1 Å². The van der Waals surface area contributed by atoms with Gasteiger partial charge in [-0.1, -0.05) is 0 Å². The molecule has 3 rings (SSSR count). The van der Waals surface area contributed by atoms with Crippen molar-refractivity contribution in [2.75, 3.05) is 26.2 Å². The maximum Gasteiger partial charge on any atom is 0.417 e. The summed E-state index contributed by atoms with van der Waals surface area (Å²) >= 11 is 0. The van der Waals surface area contributed by atoms with Crippen molar-refractivity contribution in [3.05, 3.63) is 34.9 Å². The number of halogens is 6. The minimum absolute atomic E-state index is 0.0203. The summed E-state index contributed by atoms with van der Waals surface area (Å²) < 4.78 is 81.8. The van der Waals surface area contributed by atoms with Gasteiger partial charge in [0.2, 0.25) is 0 Å². The third kappa shape index (κ3) is 3.90. The molecule has 12 heteroatoms. The number of rotatable bonds is 3. The van der Waals surface area contributed by atoms with Gasteiger partial charge in [-0.15, -0.1) is 0 Å². The molecule has 3 amide bonds. The van der Waals surface area contributed by atoms with Crippen molar-refractivity contribution in [3.8, 4) is 0 Å². The topological polar surface area (TPSA) is 66.9 Å². The summed E-state index contributed by atoms with van der Waals surface area (Å²) in [6, 6.07) is 0.679. The first-order chi connectivity index (χ1) is 12.9. The van der Waals surface area contributed by atoms with E-state index in [-0.39, 0.29) is 31.6 Å². The number of ether oxygens (including phenoxy) is 1. The Morgan fingerprint density at radius 3 is 1.96 bits per heavy atom. The number of cyclic esters (lactones) is 1. The molecule has 0 radical (unpaired) electrons. The molecule has 0 unspecified atom stereocenters. The van der Waals surface area contributed by atoms with E-state index in [2.05, 4.69) is 4.74 Å². The van der Waals surface area contributed by atoms with Gasteiger partial charge in [0.1, 0.15) is 0 Å². The highest BCUT2D eigenvalue weighted by atomic mass is 19.4. The molecule has 2 fully saturated rings. The Morgan fingerprint density at radius 2 is 1.54 bits per heavy atom. The largest absolute Gasteiger partial charge is 0.439 e. The molecule has 1 aromatic rings. The molecule has 2 saturated heterocycles. The number of carbonyl (C=O) groups is 3. The molecule has 0 aliphatic carbocycles. The number of nitrogens with zero attached hydrogens (tertiary/aromatic N) is 2. The van der Waals surface area contributed by atoms with Gasteiger partial charge in [0.05, 0.1) is 11.1 Å². The molecule has 152 valence electrons. The van der Waals surface area contributed by atoms with Gasteiger partial charge >= 0.3 is 18.4 Å². The van der Waals surface area contributed by atoms with Crippen molar-refractivity contribution in [1.29, 1.82) is 0 Å². The zero-order valence-electron chi connectivity index (χ0n) is 13.9. The average Bonchev–Trinajstić information content (AvgIpc) is 2.86. The van der Waals surface area contributed by atoms with Crippen molar-refractivity contribution < 1.29 is 45.5 Å². The first kappa shape index (κ1) is 20.0. The molecular weight excluding hydrogens is 398 g/mol. The van der Waals surface area contributed by atoms with Crippen LogP contribution in [0.4, 0.5) is 31.1 Å². The number of imide groups is 1. The van der Waals surface area contributed by atoms with Crippen LogP contribution < -0.4 is 0 Å². The highest BCUT2D eigenvalue weighted by Crippen LogP contribution is 2.37. The molecule has 0 aromatic heterocycles. The van der Waals surface area contributed by atoms with E-state index in [0.717, 1.165) is 9.80 Å². The lowest BCUT2D eigenvalue weighted by Crippen LogP contribution is -2.54. The molecule has 2 aliphatic heterocycles. The number of benzene rings is 1. The van der Waals surface area contributed by atoms with Gasteiger partial charge in [-0.3, -0.25) is 9.59 Å². The molecule has 0 bridgehead atoms. The second-order valence-electron chi connectivity index (χ2n) is 6.43. The minimum Gasteiger partial charge on any atom is -0.439 e. The zero-order valence-corrected chi connectivity index (χ0v) is 13.9. The highest BCUT2D eigenvalue weighted by molar-refractivity contribution is 5.98. The summed E-state index contributed by atoms with van der Waals surface area (Å²) in [4.78, 5) is 37.0. The summed E-state index contributed by atoms with van der Waals surface area (Å²) in [6.45, 7) is -0.475. The second-order valence-corrected chi connectivity index (χ2v) is 6.43. The third-order valence-corrected chi connectivity index (χ3v) is 4.36. The molecule has 1 aromatic carbocycles. The number of alkyl halides is 6. The van der Waals surface area contributed by atoms with Crippen molar-refractivity contribution in [2.45, 2.75) is 12.4 Å². The number of carbonyl (C=O) groups excluding carboxylic acids is 3. The van der Waals surface area contributed by atoms with Crippen molar-refractivity contribution in [3.63, 3.8) is 0 Å². The Bertz CT molecular complexity index is 781. The average molecular weight is 410 g/mol. The van der Waals surface area contributed by atoms with Gasteiger partial charge in [-0.2, -0.15) is 26.3 Å². The summed E-state index contributed by atoms with van der Waals surface area (Å²) in [5.41, 5.74) is -3.89. The van der Waals surface area contributed by atoms with Gasteiger partial charge < -0.3 is 9.64 Å². The molecular formula is C16H12F6N2O4. The lowest BCUT2D eigenvalue weighted by atomic mass is 9.97. The van der Waals surface area contributed by atoms with Crippen molar-refractivity contribution >= 4 is 17.9 Å². The quantitative estimate of drug-likeness (QED) is 0.719. The van der Waals surface area contributed by atoms with Crippen LogP contribution in [-0.4, -0.2) is 53.9 Å². The predicted octanol–water partition coefficient (Wildman–Crippen LogP) is 2.78. The normalized spacial score (nSPS) is 18.4. The smallest absolute Gasteiger partial charge is 0.417 e. The molecule has 2 aliphatic rings. The molecule has 0 N–H and O–H groups in total. The van der Waals surface area contributed by atoms with Crippen LogP contribution in [0.2, 0.25) is 0 Å². The Balaban J connectivity index is 1.73. The molecule has 2 heterocycles. The molecule has 6 nitrogen and oxygen atoms in total. The monoisotopic (exact) mass is 410 g/mol. The molecule has 0 atom stereocenters. The Morgan fingerprint density at radius 1 is 1.00 bits per heavy atom. The summed E-state index contributed by atoms with van der Waals surface area (Å²) in [6.07, 6.45) is -10.9. The molecule has 0 saturated carbocycles. The number of likely N-dealkylation sites (tertiary alicyclic amines) is 1. The minimum atomic E-state index is -5.05. The molecule has 0 spiro atoms. The third-order valence-electron chi connectivity index (χ3n) is 4.36. The van der Waals surface area contributed by atoms with Crippen molar-refractivity contribution in [2.24, 2.45) is 5.92 Å². The van der Waals surface area contributed by atoms with E-state index < -0.39 is 53.6 Å². The van der Waals surface area contributed by atoms with E-state index in [1.54, 1.807) is 0 Å². The van der Waals surface area contributed by atoms with Crippen LogP contribution in [0.3, 0.4) is 0 Å². The van der Waals surface area contributed by atoms with E-state index in [1.807, 2.05) is 0 Å². The number of amides is 3. The first-order valence-corrected chi connectivity index (χ1v) is 7.92. The summed E-state index contributed by atoms with van der Waals surface area (Å²) in [5.74, 6) is -1.89. The summed E-state index contributed by atoms with van der Waals surface area (Å²) in [7, 11) is 0. The van der Waals surface area contributed by atoms with E-state index >= 15 is 0 Å². The summed E-state index contributed by atoms with van der Waals surface area (Å²) in [5, 5.41) is 0. The van der Waals surface area contributed by atoms with Crippen molar-refractivity contribution in [1.82, 2.24) is 9.80 Å². The molecule has 28 heavy (non-hydrogen) atoms. The maximum absolute atomic E-state index is 12.9. The van der Waals surface area contributed by atoms with Crippen LogP contribution in [0.1, 0.15) is 21.5 Å². The van der Waals surface area contributed by atoms with Crippen LogP contribution in [0.25, 0.3) is 0 Å². The zero-order chi connectivity index (χ0) is 20.9. The van der Waals surface area contributed by atoms with E-state index in [0.29, 0.717) is 12.1 Å². The fourth-order valence-electron chi connectivity index (χ4n) is 2.93. The van der Waals surface area contributed by atoms with Crippen LogP contribution in [0, 0.1) is 5.92 Å². The number of hydrogen-bond acceptors (Lipinski definition) is 4. The number of hydrogen-bond donors (Lipinski definition) is 0. The first-order valence-electron chi connectivity index (χ1n) is 7.92. The van der Waals surface area contributed by atoms with Gasteiger partial charge in [-0.05, 0) is 18.2 Å². The lowest BCUT2D eigenvalue weighted by molar-refractivity contribution is -0.143. The van der Waals surface area contributed by atoms with Crippen LogP contribution in [0.15, 0.2) is 18.2 Å². The van der Waals surface area contributed by atoms with E-state index in [4.69, 9.17) is 0 Å². The van der Waals surface area contributed by atoms with Gasteiger partial charge in [0.15, 0.2) is 6.61 Å². The van der Waals surface area contributed by atoms with E-state index in [1.165, 1.54) is 0 Å². The predicted molar refractivity (Wildman–Crippen MR) is 78.9 cm³/mol. The Kier molecular flexibility index (Phi) is 4.76. The highest BCUT2D eigenvalue weighted by Gasteiger charge is 2.41. The van der Waals surface area contributed by atoms with Crippen LogP contribution in [-0.2, 0) is 21.9 Å². The maximum atomic E-state index is 12.9. The fraction of sp³-hybridized carbons (Fsp3) is 0.438. The lowest BCUT2D eigenvalue weighted by Gasteiger charge is -2.40. The fourth-order valence-corrected chi connectivity index (χ4v) is 2.93. The second kappa shape index (κ2) is 6.67. The van der Waals surface area contributed by atoms with Crippen LogP contribution >= 0.6 is 0 Å². The Labute approximate surface area is 153 Å². The van der Waals surface area contributed by atoms with Gasteiger partial charge in [-0.25, -0.2) is 9.69 Å². The van der Waals surface area contributed by atoms with E-state index in [9.17, 15) is 40.7 Å². The van der Waals surface area contributed by atoms with Gasteiger partial charge in [0.25, 0.3) is 11.8 Å². The standard InChI is InChI=1S/C16H12F6N2O4/c17-15(18,19)10-1-9(2-11(3-10)16(20,21)22)13(26)23-4-8(5-23)6-24-12(25)7-28-14(24)27/h1-3,8H,4-7H2.